The molecule has 1 amide bonds. The SMILES string of the molecule is COC(=O)c1ccccc1OC1CCN(Cc2cc(NC(=O)c3cnn(C(C)(C)C)c3-c3ccc(F)cc3)ccc2Cl)CC1. The van der Waals surface area contributed by atoms with Gasteiger partial charge in [0.1, 0.15) is 23.2 Å². The molecule has 1 saturated heterocycles. The summed E-state index contributed by atoms with van der Waals surface area (Å²) >= 11 is 6.59. The molecule has 0 bridgehead atoms. The number of halogens is 2. The van der Waals surface area contributed by atoms with Crippen LogP contribution < -0.4 is 10.1 Å². The Labute approximate surface area is 261 Å². The van der Waals surface area contributed by atoms with E-state index in [1.165, 1.54) is 19.2 Å². The third-order valence-corrected chi connectivity index (χ3v) is 7.95. The molecule has 1 aromatic heterocycles. The summed E-state index contributed by atoms with van der Waals surface area (Å²) in [6.07, 6.45) is 3.09. The van der Waals surface area contributed by atoms with Gasteiger partial charge >= 0.3 is 5.97 Å². The lowest BCUT2D eigenvalue weighted by molar-refractivity contribution is 0.0583. The van der Waals surface area contributed by atoms with Crippen LogP contribution in [-0.4, -0.2) is 52.9 Å². The second kappa shape index (κ2) is 13.2. The van der Waals surface area contributed by atoms with Gasteiger partial charge in [-0.3, -0.25) is 14.4 Å². The molecule has 1 aliphatic rings. The molecule has 0 saturated carbocycles. The highest BCUT2D eigenvalue weighted by atomic mass is 35.5. The Morgan fingerprint density at radius 3 is 2.41 bits per heavy atom. The van der Waals surface area contributed by atoms with Crippen molar-refractivity contribution in [3.63, 3.8) is 0 Å². The summed E-state index contributed by atoms with van der Waals surface area (Å²) < 4.78 is 26.5. The van der Waals surface area contributed by atoms with Crippen molar-refractivity contribution in [2.45, 2.75) is 51.8 Å². The number of hydrogen-bond acceptors (Lipinski definition) is 6. The molecule has 0 unspecified atom stereocenters. The van der Waals surface area contributed by atoms with Gasteiger partial charge in [-0.05, 0) is 93.8 Å². The first-order valence-corrected chi connectivity index (χ1v) is 14.9. The molecule has 0 aliphatic carbocycles. The Morgan fingerprint density at radius 2 is 1.73 bits per heavy atom. The highest BCUT2D eigenvalue weighted by molar-refractivity contribution is 6.31. The summed E-state index contributed by atoms with van der Waals surface area (Å²) in [7, 11) is 1.36. The molecular weight excluding hydrogens is 583 g/mol. The van der Waals surface area contributed by atoms with E-state index in [0.29, 0.717) is 45.4 Å². The fourth-order valence-electron chi connectivity index (χ4n) is 5.33. The van der Waals surface area contributed by atoms with E-state index in [9.17, 15) is 14.0 Å². The number of likely N-dealkylation sites (tertiary alicyclic amines) is 1. The summed E-state index contributed by atoms with van der Waals surface area (Å²) in [5.74, 6) is -0.566. The first kappa shape index (κ1) is 31.2. The number of piperidine rings is 1. The van der Waals surface area contributed by atoms with Crippen molar-refractivity contribution in [3.05, 3.63) is 100 Å². The molecule has 4 aromatic rings. The van der Waals surface area contributed by atoms with Crippen LogP contribution in [0.25, 0.3) is 11.3 Å². The van der Waals surface area contributed by atoms with E-state index >= 15 is 0 Å². The summed E-state index contributed by atoms with van der Waals surface area (Å²) in [5, 5.41) is 8.12. The standard InChI is InChI=1S/C34H36ClFN4O4/c1-34(2,3)40-31(22-9-11-24(36)12-10-22)28(20-37-40)32(41)38-25-13-14-29(35)23(19-25)21-39-17-15-26(16-18-39)44-30-8-6-5-7-27(30)33(42)43-4/h5-14,19-20,26H,15-18,21H2,1-4H3,(H,38,41). The Hall–Kier alpha value is -4.21. The van der Waals surface area contributed by atoms with E-state index in [1.807, 2.05) is 32.9 Å². The number of anilines is 1. The summed E-state index contributed by atoms with van der Waals surface area (Å²) in [5.41, 5.74) is 3.21. The van der Waals surface area contributed by atoms with Crippen LogP contribution in [0.4, 0.5) is 10.1 Å². The van der Waals surface area contributed by atoms with Gasteiger partial charge in [0.15, 0.2) is 0 Å². The van der Waals surface area contributed by atoms with Gasteiger partial charge in [-0.25, -0.2) is 9.18 Å². The molecule has 1 fully saturated rings. The Kier molecular flexibility index (Phi) is 9.36. The van der Waals surface area contributed by atoms with E-state index in [2.05, 4.69) is 15.3 Å². The molecule has 3 aromatic carbocycles. The van der Waals surface area contributed by atoms with Gasteiger partial charge in [0.05, 0.1) is 30.1 Å². The van der Waals surface area contributed by atoms with Crippen LogP contribution in [0.3, 0.4) is 0 Å². The third kappa shape index (κ3) is 7.11. The van der Waals surface area contributed by atoms with Crippen molar-refractivity contribution in [2.24, 2.45) is 0 Å². The van der Waals surface area contributed by atoms with Crippen molar-refractivity contribution < 1.29 is 23.5 Å². The number of aromatic nitrogens is 2. The van der Waals surface area contributed by atoms with Gasteiger partial charge in [-0.2, -0.15) is 5.10 Å². The van der Waals surface area contributed by atoms with Gasteiger partial charge in [0.2, 0.25) is 0 Å². The fraction of sp³-hybridized carbons (Fsp3) is 0.324. The van der Waals surface area contributed by atoms with Crippen molar-refractivity contribution in [1.29, 1.82) is 0 Å². The number of nitrogens with zero attached hydrogens (tertiary/aromatic N) is 3. The highest BCUT2D eigenvalue weighted by Gasteiger charge is 2.26. The van der Waals surface area contributed by atoms with Crippen LogP contribution in [0.1, 0.15) is 59.9 Å². The predicted octanol–water partition coefficient (Wildman–Crippen LogP) is 7.18. The van der Waals surface area contributed by atoms with Crippen LogP contribution in [0.5, 0.6) is 5.75 Å². The number of hydrogen-bond donors (Lipinski definition) is 1. The monoisotopic (exact) mass is 618 g/mol. The lowest BCUT2D eigenvalue weighted by atomic mass is 10.0. The Morgan fingerprint density at radius 1 is 1.02 bits per heavy atom. The van der Waals surface area contributed by atoms with Crippen LogP contribution in [0.15, 0.2) is 72.9 Å². The van der Waals surface area contributed by atoms with Crippen molar-refractivity contribution >= 4 is 29.2 Å². The molecule has 1 aliphatic heterocycles. The van der Waals surface area contributed by atoms with E-state index in [1.54, 1.807) is 53.3 Å². The molecule has 0 atom stereocenters. The second-order valence-electron chi connectivity index (χ2n) is 11.8. The molecule has 5 rings (SSSR count). The average molecular weight is 619 g/mol. The molecule has 2 heterocycles. The minimum atomic E-state index is -0.422. The fourth-order valence-corrected chi connectivity index (χ4v) is 5.51. The number of methoxy groups -OCH3 is 1. The second-order valence-corrected chi connectivity index (χ2v) is 12.2. The van der Waals surface area contributed by atoms with Gasteiger partial charge in [-0.15, -0.1) is 0 Å². The van der Waals surface area contributed by atoms with Gasteiger partial charge in [0, 0.05) is 35.9 Å². The van der Waals surface area contributed by atoms with Crippen molar-refractivity contribution in [2.75, 3.05) is 25.5 Å². The minimum absolute atomic E-state index is 0.0255. The van der Waals surface area contributed by atoms with Gasteiger partial charge in [-0.1, -0.05) is 23.7 Å². The van der Waals surface area contributed by atoms with Gasteiger partial charge in [0.25, 0.3) is 5.91 Å². The number of carbonyl (C=O) groups is 2. The average Bonchev–Trinajstić information content (AvgIpc) is 3.46. The van der Waals surface area contributed by atoms with Crippen molar-refractivity contribution in [3.8, 4) is 17.0 Å². The number of esters is 1. The summed E-state index contributed by atoms with van der Waals surface area (Å²) in [6, 6.07) is 18.6. The molecule has 230 valence electrons. The van der Waals surface area contributed by atoms with Crippen LogP contribution in [0, 0.1) is 5.82 Å². The first-order valence-electron chi connectivity index (χ1n) is 14.5. The lowest BCUT2D eigenvalue weighted by Crippen LogP contribution is -2.38. The largest absolute Gasteiger partial charge is 0.489 e. The van der Waals surface area contributed by atoms with Gasteiger partial charge < -0.3 is 14.8 Å². The molecular formula is C34H36ClFN4O4. The maximum absolute atomic E-state index is 13.7. The lowest BCUT2D eigenvalue weighted by Gasteiger charge is -2.32. The van der Waals surface area contributed by atoms with Crippen molar-refractivity contribution in [1.82, 2.24) is 14.7 Å². The van der Waals surface area contributed by atoms with E-state index < -0.39 is 11.5 Å². The molecule has 0 radical (unpaired) electrons. The smallest absolute Gasteiger partial charge is 0.341 e. The zero-order chi connectivity index (χ0) is 31.4. The van der Waals surface area contributed by atoms with E-state index in [0.717, 1.165) is 31.5 Å². The highest BCUT2D eigenvalue weighted by Crippen LogP contribution is 2.31. The van der Waals surface area contributed by atoms with E-state index in [-0.39, 0.29) is 17.8 Å². The Balaban J connectivity index is 1.26. The zero-order valence-electron chi connectivity index (χ0n) is 25.3. The number of ether oxygens (including phenoxy) is 2. The number of rotatable bonds is 8. The quantitative estimate of drug-likeness (QED) is 0.211. The number of amides is 1. The first-order chi connectivity index (χ1) is 21.0. The number of para-hydroxylation sites is 1. The van der Waals surface area contributed by atoms with Crippen LogP contribution in [-0.2, 0) is 16.8 Å². The minimum Gasteiger partial charge on any atom is -0.489 e. The maximum atomic E-state index is 13.7. The summed E-state index contributed by atoms with van der Waals surface area (Å²) in [4.78, 5) is 27.9. The predicted molar refractivity (Wildman–Crippen MR) is 169 cm³/mol. The number of nitrogens with one attached hydrogen (secondary N) is 1. The Bertz CT molecular complexity index is 1640. The molecule has 1 N–H and O–H groups in total. The molecule has 0 spiro atoms. The molecule has 10 heteroatoms. The third-order valence-electron chi connectivity index (χ3n) is 7.59. The van der Waals surface area contributed by atoms with Crippen LogP contribution >= 0.6 is 11.6 Å². The number of carbonyl (C=O) groups excluding carboxylic acids is 2. The topological polar surface area (TPSA) is 85.7 Å². The zero-order valence-corrected chi connectivity index (χ0v) is 26.0. The van der Waals surface area contributed by atoms with Crippen LogP contribution in [0.2, 0.25) is 5.02 Å². The molecule has 44 heavy (non-hydrogen) atoms. The number of benzene rings is 3. The van der Waals surface area contributed by atoms with E-state index in [4.69, 9.17) is 21.1 Å². The maximum Gasteiger partial charge on any atom is 0.341 e. The normalized spacial score (nSPS) is 14.3. The molecule has 8 nitrogen and oxygen atoms in total. The summed E-state index contributed by atoms with van der Waals surface area (Å²) in [6.45, 7) is 8.16.